The molecule has 0 spiro atoms. The van der Waals surface area contributed by atoms with E-state index in [9.17, 15) is 26.7 Å². The van der Waals surface area contributed by atoms with Gasteiger partial charge in [0.05, 0.1) is 29.0 Å². The number of piperazine rings is 2. The molecule has 0 unspecified atom stereocenters. The average molecular weight is 1170 g/mol. The number of nitrogens with one attached hydrogen (secondary N) is 3. The normalized spacial score (nSPS) is 17.6. The molecule has 2 aromatic heterocycles. The zero-order chi connectivity index (χ0) is 55.1. The number of anilines is 5. The number of hydrogen-bond donors (Lipinski definition) is 4. The highest BCUT2D eigenvalue weighted by molar-refractivity contribution is 7.93. The van der Waals surface area contributed by atoms with Gasteiger partial charge in [-0.1, -0.05) is 93.0 Å². The molecular formula is C56H66ClN9O7S4Si. The molecule has 5 heterocycles. The van der Waals surface area contributed by atoms with Crippen LogP contribution in [0.1, 0.15) is 39.7 Å². The monoisotopic (exact) mass is 1170 g/mol. The number of hydrogen-bond acceptors (Lipinski definition) is 15. The first-order chi connectivity index (χ1) is 37.5. The molecule has 22 heteroatoms. The number of aromatic nitrogens is 2. The Bertz CT molecular complexity index is 3270. The van der Waals surface area contributed by atoms with Gasteiger partial charge < -0.3 is 34.4 Å². The van der Waals surface area contributed by atoms with Crippen molar-refractivity contribution in [2.75, 3.05) is 83.2 Å². The number of rotatable bonds is 16. The predicted molar refractivity (Wildman–Crippen MR) is 318 cm³/mol. The third kappa shape index (κ3) is 12.9. The van der Waals surface area contributed by atoms with Crippen molar-refractivity contribution < 1.29 is 31.2 Å². The van der Waals surface area contributed by atoms with E-state index in [0.717, 1.165) is 61.6 Å². The number of nitrogens with zero attached hydrogens (tertiary/aromatic N) is 6. The summed E-state index contributed by atoms with van der Waals surface area (Å²) in [5.74, 6) is -0.0128. The van der Waals surface area contributed by atoms with Gasteiger partial charge in [0, 0.05) is 97.1 Å². The van der Waals surface area contributed by atoms with Crippen molar-refractivity contribution in [2.45, 2.75) is 73.5 Å². The lowest BCUT2D eigenvalue weighted by atomic mass is 9.99. The van der Waals surface area contributed by atoms with Crippen molar-refractivity contribution in [1.82, 2.24) is 20.2 Å². The van der Waals surface area contributed by atoms with Crippen LogP contribution in [0.15, 0.2) is 160 Å². The largest absolute Gasteiger partial charge is 0.406 e. The van der Waals surface area contributed by atoms with E-state index in [-0.39, 0.29) is 45.5 Å². The minimum absolute atomic E-state index is 0.0128. The number of thiazole rings is 2. The minimum atomic E-state index is -3.74. The molecule has 412 valence electrons. The molecule has 2 saturated heterocycles. The molecule has 3 atom stereocenters. The minimum Gasteiger partial charge on any atom is -0.406 e. The van der Waals surface area contributed by atoms with Gasteiger partial charge in [-0.3, -0.25) is 14.2 Å². The van der Waals surface area contributed by atoms with Crippen LogP contribution in [0, 0.1) is 0 Å². The molecule has 4 N–H and O–H groups in total. The van der Waals surface area contributed by atoms with Crippen molar-refractivity contribution in [2.24, 2.45) is 0 Å². The number of aryl methyl sites for hydroxylation is 1. The van der Waals surface area contributed by atoms with Gasteiger partial charge in [-0.2, -0.15) is 0 Å². The lowest BCUT2D eigenvalue weighted by molar-refractivity contribution is -0.136. The maximum Gasteiger partial charge on any atom is 0.263 e. The smallest absolute Gasteiger partial charge is 0.263 e. The number of halogens is 1. The topological polar surface area (TPSA) is 190 Å². The van der Waals surface area contributed by atoms with Gasteiger partial charge in [0.1, 0.15) is 6.04 Å². The van der Waals surface area contributed by atoms with Gasteiger partial charge in [0.15, 0.2) is 10.3 Å². The van der Waals surface area contributed by atoms with Crippen LogP contribution in [0.2, 0.25) is 10.1 Å². The number of sulfonamides is 2. The average Bonchev–Trinajstić information content (AvgIpc) is 4.23. The maximum atomic E-state index is 13.6. The summed E-state index contributed by atoms with van der Waals surface area (Å²) >= 11 is 8.65. The Labute approximate surface area is 472 Å². The first-order valence-corrected chi connectivity index (χ1v) is 33.0. The molecule has 2 fully saturated rings. The summed E-state index contributed by atoms with van der Waals surface area (Å²) in [5.41, 5.74) is 4.02. The van der Waals surface area contributed by atoms with Gasteiger partial charge in [-0.25, -0.2) is 26.8 Å². The molecule has 1 amide bonds. The van der Waals surface area contributed by atoms with Crippen molar-refractivity contribution in [3.63, 3.8) is 0 Å². The fourth-order valence-corrected chi connectivity index (χ4v) is 19.0. The van der Waals surface area contributed by atoms with Crippen LogP contribution >= 0.6 is 34.3 Å². The first-order valence-electron chi connectivity index (χ1n) is 26.0. The number of aliphatic hydroxyl groups excluding tert-OH is 1. The molecule has 3 aliphatic heterocycles. The van der Waals surface area contributed by atoms with Crippen molar-refractivity contribution >= 4 is 106 Å². The number of amides is 1. The number of carbonyl (C=O) groups excluding carboxylic acids is 1. The van der Waals surface area contributed by atoms with E-state index in [0.29, 0.717) is 41.5 Å². The molecule has 0 aliphatic carbocycles. The summed E-state index contributed by atoms with van der Waals surface area (Å²) in [7, 11) is -10.0. The maximum absolute atomic E-state index is 13.6. The number of benzene rings is 5. The van der Waals surface area contributed by atoms with Gasteiger partial charge in [-0.15, -0.1) is 22.7 Å². The van der Waals surface area contributed by atoms with Crippen LogP contribution in [0.25, 0.3) is 0 Å². The van der Waals surface area contributed by atoms with E-state index < -0.39 is 28.4 Å². The Kier molecular flexibility index (Phi) is 18.0. The summed E-state index contributed by atoms with van der Waals surface area (Å²) in [6.07, 6.45) is 5.00. The van der Waals surface area contributed by atoms with E-state index in [1.54, 1.807) is 58.3 Å². The van der Waals surface area contributed by atoms with Gasteiger partial charge in [-0.05, 0) is 107 Å². The number of fused-ring (bicyclic) bond motifs is 1. The van der Waals surface area contributed by atoms with Crippen molar-refractivity contribution in [3.8, 4) is 0 Å². The van der Waals surface area contributed by atoms with Crippen LogP contribution in [0.4, 0.5) is 27.3 Å². The van der Waals surface area contributed by atoms with E-state index in [2.05, 4.69) is 121 Å². The lowest BCUT2D eigenvalue weighted by Crippen LogP contribution is -2.68. The predicted octanol–water partition coefficient (Wildman–Crippen LogP) is 7.75. The molecular weight excluding hydrogens is 1100 g/mol. The molecule has 10 rings (SSSR count). The van der Waals surface area contributed by atoms with E-state index in [1.807, 2.05) is 37.3 Å². The van der Waals surface area contributed by atoms with E-state index in [4.69, 9.17) is 16.0 Å². The highest BCUT2D eigenvalue weighted by Gasteiger charge is 2.50. The number of carbonyl (C=O) groups is 1. The number of aliphatic hydroxyl groups is 1. The second kappa shape index (κ2) is 24.6. The fourth-order valence-electron chi connectivity index (χ4n) is 10.6. The van der Waals surface area contributed by atoms with E-state index >= 15 is 0 Å². The van der Waals surface area contributed by atoms with Crippen molar-refractivity contribution in [3.05, 3.63) is 161 Å². The Hall–Kier alpha value is -5.88. The Morgan fingerprint density at radius 3 is 1.83 bits per heavy atom. The van der Waals surface area contributed by atoms with Crippen LogP contribution in [-0.2, 0) is 35.7 Å². The molecule has 0 bridgehead atoms. The van der Waals surface area contributed by atoms with Gasteiger partial charge in [0.25, 0.3) is 28.4 Å². The summed E-state index contributed by atoms with van der Waals surface area (Å²) in [4.78, 5) is 30.2. The van der Waals surface area contributed by atoms with Crippen LogP contribution in [0.3, 0.4) is 0 Å². The Morgan fingerprint density at radius 2 is 1.32 bits per heavy atom. The van der Waals surface area contributed by atoms with Crippen molar-refractivity contribution in [1.29, 1.82) is 0 Å². The highest BCUT2D eigenvalue weighted by atomic mass is 35.5. The Morgan fingerprint density at radius 1 is 0.769 bits per heavy atom. The molecule has 16 nitrogen and oxygen atoms in total. The van der Waals surface area contributed by atoms with E-state index in [1.165, 1.54) is 39.2 Å². The zero-order valence-corrected chi connectivity index (χ0v) is 49.1. The third-order valence-corrected chi connectivity index (χ3v) is 24.1. The zero-order valence-electron chi connectivity index (χ0n) is 44.0. The standard InChI is InChI=1S/C30H36N4O3S2Si.C26H30ClN5O4S2/c1-30(2,3)40(27-10-6-4-7-11-27,28-12-8-5-9-13-28)37-23-24-22-34(20-18-31-24)25-14-16-26(17-15-25)39(35,36)33-29-32-19-21-38-29;1-18(31-11-2-3-19-15-20(27)4-9-24(19)31)25(34)32-13-12-30(16-22(32)17-33)21-5-7-23(8-6-21)38(35,36)29-26-28-10-14-37-26/h4-17,19,21,24,31H,18,20,22-23H2,1-3H3,(H,32,33);4-10,14-15,18,22,33H,2-3,11-13,16-17H2,1H3,(H,28,29)/t24-;18-,22-/m11/s1. The molecule has 78 heavy (non-hydrogen) atoms. The second-order valence-electron chi connectivity index (χ2n) is 20.5. The summed E-state index contributed by atoms with van der Waals surface area (Å²) in [6, 6.07) is 40.3. The molecule has 0 radical (unpaired) electrons. The molecule has 3 aliphatic rings. The lowest BCUT2D eigenvalue weighted by Gasteiger charge is -2.44. The van der Waals surface area contributed by atoms with Crippen LogP contribution in [-0.4, -0.2) is 128 Å². The van der Waals surface area contributed by atoms with Crippen LogP contribution < -0.4 is 39.8 Å². The van der Waals surface area contributed by atoms with Crippen LogP contribution in [0.5, 0.6) is 0 Å². The fraction of sp³-hybridized carbons (Fsp3) is 0.339. The highest BCUT2D eigenvalue weighted by Crippen LogP contribution is 2.37. The first kappa shape index (κ1) is 56.8. The third-order valence-electron chi connectivity index (χ3n) is 14.5. The molecule has 5 aromatic carbocycles. The summed E-state index contributed by atoms with van der Waals surface area (Å²) in [5, 5.41) is 21.1. The molecule has 0 saturated carbocycles. The second-order valence-corrected chi connectivity index (χ2v) is 30.4. The van der Waals surface area contributed by atoms with Gasteiger partial charge in [0.2, 0.25) is 5.91 Å². The quantitative estimate of drug-likeness (QED) is 0.0689. The summed E-state index contributed by atoms with van der Waals surface area (Å²) < 4.78 is 63.0. The SMILES string of the molecule is CC(C)(C)[Si](OC[C@H]1CN(c2ccc(S(=O)(=O)Nc3nccs3)cc2)CCN1)(c1ccccc1)c1ccccc1.C[C@H](C(=O)N1CCN(c2ccc(S(=O)(=O)Nc3nccs3)cc2)C[C@@H]1CO)N1CCCc2cc(Cl)ccc21. The summed E-state index contributed by atoms with van der Waals surface area (Å²) in [6.45, 7) is 13.9. The Balaban J connectivity index is 0.000000190. The molecule has 7 aromatic rings. The van der Waals surface area contributed by atoms with Gasteiger partial charge >= 0.3 is 0 Å².